The minimum atomic E-state index is -1.49. The Labute approximate surface area is 135 Å². The molecule has 2 aromatic carbocycles. The van der Waals surface area contributed by atoms with Crippen LogP contribution >= 0.6 is 0 Å². The highest BCUT2D eigenvalue weighted by Gasteiger charge is 2.23. The highest BCUT2D eigenvalue weighted by atomic mass is 19.2. The summed E-state index contributed by atoms with van der Waals surface area (Å²) in [5.74, 6) is -5.82. The second kappa shape index (κ2) is 7.16. The van der Waals surface area contributed by atoms with Gasteiger partial charge in [0.1, 0.15) is 11.9 Å². The number of carboxylic acids is 1. The van der Waals surface area contributed by atoms with Gasteiger partial charge in [0.25, 0.3) is 5.91 Å². The Balaban J connectivity index is 2.18. The number of hydrogen-bond acceptors (Lipinski definition) is 2. The van der Waals surface area contributed by atoms with Crippen molar-refractivity contribution in [2.24, 2.45) is 0 Å². The summed E-state index contributed by atoms with van der Waals surface area (Å²) in [6.07, 6.45) is -0.518. The molecule has 0 spiro atoms. The first-order valence-electron chi connectivity index (χ1n) is 7.01. The standard InChI is InChI=1S/C17H14F3NO3/c1-9-2-4-10(5-3-9)16(22)21-15(17(23)24)7-11-6-13(19)14(20)8-12(11)18/h2-6,8,15H,7H2,1H3,(H,21,22)(H,23,24). The molecule has 2 rings (SSSR count). The van der Waals surface area contributed by atoms with Crippen molar-refractivity contribution in [2.75, 3.05) is 0 Å². The van der Waals surface area contributed by atoms with Crippen LogP contribution in [0.1, 0.15) is 21.5 Å². The Morgan fingerprint density at radius 3 is 2.21 bits per heavy atom. The van der Waals surface area contributed by atoms with Crippen LogP contribution in [0.2, 0.25) is 0 Å². The van der Waals surface area contributed by atoms with E-state index < -0.39 is 41.8 Å². The van der Waals surface area contributed by atoms with Crippen LogP contribution in [0.15, 0.2) is 36.4 Å². The van der Waals surface area contributed by atoms with Gasteiger partial charge >= 0.3 is 5.97 Å². The third-order valence-corrected chi connectivity index (χ3v) is 3.43. The summed E-state index contributed by atoms with van der Waals surface area (Å²) < 4.78 is 39.8. The second-order valence-corrected chi connectivity index (χ2v) is 5.29. The second-order valence-electron chi connectivity index (χ2n) is 5.29. The number of amides is 1. The van der Waals surface area contributed by atoms with Crippen LogP contribution in [0.4, 0.5) is 13.2 Å². The van der Waals surface area contributed by atoms with E-state index in [1.165, 1.54) is 12.1 Å². The Kier molecular flexibility index (Phi) is 5.23. The normalized spacial score (nSPS) is 11.8. The van der Waals surface area contributed by atoms with Crippen molar-refractivity contribution >= 4 is 11.9 Å². The van der Waals surface area contributed by atoms with Crippen LogP contribution < -0.4 is 5.32 Å². The van der Waals surface area contributed by atoms with E-state index in [-0.39, 0.29) is 11.1 Å². The third kappa shape index (κ3) is 4.13. The Morgan fingerprint density at radius 2 is 1.62 bits per heavy atom. The van der Waals surface area contributed by atoms with Gasteiger partial charge < -0.3 is 10.4 Å². The predicted molar refractivity (Wildman–Crippen MR) is 80.1 cm³/mol. The van der Waals surface area contributed by atoms with Crippen LogP contribution in [0, 0.1) is 24.4 Å². The lowest BCUT2D eigenvalue weighted by Crippen LogP contribution is -2.42. The third-order valence-electron chi connectivity index (χ3n) is 3.43. The SMILES string of the molecule is Cc1ccc(C(=O)NC(Cc2cc(F)c(F)cc2F)C(=O)O)cc1. The largest absolute Gasteiger partial charge is 0.480 e. The first-order valence-corrected chi connectivity index (χ1v) is 7.01. The number of rotatable bonds is 5. The molecule has 0 saturated carbocycles. The van der Waals surface area contributed by atoms with Crippen molar-refractivity contribution in [3.8, 4) is 0 Å². The molecule has 1 amide bonds. The van der Waals surface area contributed by atoms with Crippen LogP contribution in [-0.2, 0) is 11.2 Å². The van der Waals surface area contributed by atoms with E-state index in [0.29, 0.717) is 12.1 Å². The number of hydrogen-bond donors (Lipinski definition) is 2. The van der Waals surface area contributed by atoms with Gasteiger partial charge in [-0.1, -0.05) is 17.7 Å². The first kappa shape index (κ1) is 17.5. The first-order chi connectivity index (χ1) is 11.3. The van der Waals surface area contributed by atoms with E-state index in [9.17, 15) is 27.9 Å². The number of aliphatic carboxylic acids is 1. The summed E-state index contributed by atoms with van der Waals surface area (Å²) in [5.41, 5.74) is 0.813. The molecule has 0 saturated heterocycles. The van der Waals surface area contributed by atoms with Gasteiger partial charge in [0.15, 0.2) is 11.6 Å². The number of nitrogens with one attached hydrogen (secondary N) is 1. The lowest BCUT2D eigenvalue weighted by Gasteiger charge is -2.15. The number of carbonyl (C=O) groups is 2. The van der Waals surface area contributed by atoms with Crippen molar-refractivity contribution in [3.05, 3.63) is 70.5 Å². The molecule has 7 heteroatoms. The lowest BCUT2D eigenvalue weighted by atomic mass is 10.0. The average Bonchev–Trinajstić information content (AvgIpc) is 2.52. The van der Waals surface area contributed by atoms with Gasteiger partial charge in [-0.2, -0.15) is 0 Å². The van der Waals surface area contributed by atoms with Crippen LogP contribution in [0.5, 0.6) is 0 Å². The highest BCUT2D eigenvalue weighted by molar-refractivity contribution is 5.96. The molecule has 4 nitrogen and oxygen atoms in total. The molecule has 0 aliphatic rings. The number of carboxylic acid groups (broad SMARTS) is 1. The molecule has 126 valence electrons. The molecule has 0 aromatic heterocycles. The summed E-state index contributed by atoms with van der Waals surface area (Å²) in [4.78, 5) is 23.3. The zero-order valence-corrected chi connectivity index (χ0v) is 12.6. The molecule has 0 bridgehead atoms. The molecule has 1 unspecified atom stereocenters. The van der Waals surface area contributed by atoms with Gasteiger partial charge in [-0.05, 0) is 30.7 Å². The zero-order chi connectivity index (χ0) is 17.9. The molecule has 0 fully saturated rings. The van der Waals surface area contributed by atoms with Gasteiger partial charge in [-0.3, -0.25) is 4.79 Å². The maximum absolute atomic E-state index is 13.6. The molecular weight excluding hydrogens is 323 g/mol. The van der Waals surface area contributed by atoms with E-state index in [4.69, 9.17) is 0 Å². The van der Waals surface area contributed by atoms with Crippen LogP contribution in [0.3, 0.4) is 0 Å². The Morgan fingerprint density at radius 1 is 1.04 bits per heavy atom. The maximum Gasteiger partial charge on any atom is 0.326 e. The van der Waals surface area contributed by atoms with E-state index in [0.717, 1.165) is 5.56 Å². The minimum absolute atomic E-state index is 0.234. The fourth-order valence-electron chi connectivity index (χ4n) is 2.09. The van der Waals surface area contributed by atoms with Crippen molar-refractivity contribution in [1.29, 1.82) is 0 Å². The van der Waals surface area contributed by atoms with Gasteiger partial charge in [0.2, 0.25) is 0 Å². The maximum atomic E-state index is 13.6. The quantitative estimate of drug-likeness (QED) is 0.825. The Bertz CT molecular complexity index is 775. The van der Waals surface area contributed by atoms with Gasteiger partial charge in [0.05, 0.1) is 0 Å². The molecule has 1 atom stereocenters. The van der Waals surface area contributed by atoms with Crippen molar-refractivity contribution < 1.29 is 27.9 Å². The molecule has 0 heterocycles. The zero-order valence-electron chi connectivity index (χ0n) is 12.6. The number of halogens is 3. The summed E-state index contributed by atoms with van der Waals surface area (Å²) in [6.45, 7) is 1.83. The van der Waals surface area contributed by atoms with Gasteiger partial charge in [0, 0.05) is 18.1 Å². The van der Waals surface area contributed by atoms with E-state index >= 15 is 0 Å². The van der Waals surface area contributed by atoms with Crippen molar-refractivity contribution in [3.63, 3.8) is 0 Å². The summed E-state index contributed by atoms with van der Waals surface area (Å²) >= 11 is 0. The van der Waals surface area contributed by atoms with E-state index in [2.05, 4.69) is 5.32 Å². The fraction of sp³-hybridized carbons (Fsp3) is 0.176. The lowest BCUT2D eigenvalue weighted by molar-refractivity contribution is -0.139. The smallest absolute Gasteiger partial charge is 0.326 e. The van der Waals surface area contributed by atoms with Gasteiger partial charge in [-0.15, -0.1) is 0 Å². The number of carbonyl (C=O) groups excluding carboxylic acids is 1. The van der Waals surface area contributed by atoms with Gasteiger partial charge in [-0.25, -0.2) is 18.0 Å². The Hall–Kier alpha value is -2.83. The van der Waals surface area contributed by atoms with Crippen LogP contribution in [0.25, 0.3) is 0 Å². The molecule has 2 N–H and O–H groups in total. The molecule has 24 heavy (non-hydrogen) atoms. The molecule has 0 aliphatic heterocycles. The number of benzene rings is 2. The summed E-state index contributed by atoms with van der Waals surface area (Å²) in [6, 6.07) is 5.82. The van der Waals surface area contributed by atoms with E-state index in [1.807, 2.05) is 6.92 Å². The predicted octanol–water partition coefficient (Wildman–Crippen LogP) is 2.84. The fourth-order valence-corrected chi connectivity index (χ4v) is 2.09. The molecule has 0 aliphatic carbocycles. The topological polar surface area (TPSA) is 66.4 Å². The summed E-state index contributed by atoms with van der Waals surface area (Å²) in [7, 11) is 0. The molecule has 0 radical (unpaired) electrons. The van der Waals surface area contributed by atoms with E-state index in [1.54, 1.807) is 12.1 Å². The summed E-state index contributed by atoms with van der Waals surface area (Å²) in [5, 5.41) is 11.4. The monoisotopic (exact) mass is 337 g/mol. The highest BCUT2D eigenvalue weighted by Crippen LogP contribution is 2.16. The van der Waals surface area contributed by atoms with Crippen molar-refractivity contribution in [2.45, 2.75) is 19.4 Å². The van der Waals surface area contributed by atoms with Crippen molar-refractivity contribution in [1.82, 2.24) is 5.32 Å². The molecular formula is C17H14F3NO3. The van der Waals surface area contributed by atoms with Crippen LogP contribution in [-0.4, -0.2) is 23.0 Å². The molecule has 2 aromatic rings. The average molecular weight is 337 g/mol. The minimum Gasteiger partial charge on any atom is -0.480 e. The number of aryl methyl sites for hydroxylation is 1.